The van der Waals surface area contributed by atoms with E-state index in [4.69, 9.17) is 9.47 Å². The van der Waals surface area contributed by atoms with Crippen LogP contribution in [0.2, 0.25) is 0 Å². The van der Waals surface area contributed by atoms with E-state index in [1.54, 1.807) is 13.4 Å². The zero-order valence-electron chi connectivity index (χ0n) is 23.3. The summed E-state index contributed by atoms with van der Waals surface area (Å²) < 4.78 is 11.2. The lowest BCUT2D eigenvalue weighted by atomic mass is 9.99. The second-order valence-corrected chi connectivity index (χ2v) is 10.9. The molecule has 3 aliphatic heterocycles. The lowest BCUT2D eigenvalue weighted by molar-refractivity contribution is -0.0533. The number of amides is 1. The molecule has 2 atom stereocenters. The average molecular weight is 523 g/mol. The van der Waals surface area contributed by atoms with Gasteiger partial charge in [0.05, 0.1) is 12.7 Å². The maximum Gasteiger partial charge on any atom is 0.272 e. The first-order chi connectivity index (χ1) is 18.5. The van der Waals surface area contributed by atoms with Gasteiger partial charge in [-0.25, -0.2) is 9.97 Å². The highest BCUT2D eigenvalue weighted by Crippen LogP contribution is 2.28. The van der Waals surface area contributed by atoms with Crippen LogP contribution in [-0.4, -0.2) is 98.6 Å². The predicted molar refractivity (Wildman–Crippen MR) is 149 cm³/mol. The number of hydrogen-bond acceptors (Lipinski definition) is 8. The van der Waals surface area contributed by atoms with Crippen molar-refractivity contribution >= 4 is 17.4 Å². The number of rotatable bonds is 6. The minimum absolute atomic E-state index is 0.0135. The zero-order valence-corrected chi connectivity index (χ0v) is 23.3. The second-order valence-electron chi connectivity index (χ2n) is 10.9. The highest BCUT2D eigenvalue weighted by molar-refractivity contribution is 5.94. The number of nitrogens with one attached hydrogen (secondary N) is 1. The van der Waals surface area contributed by atoms with E-state index in [0.717, 1.165) is 76.5 Å². The third-order valence-electron chi connectivity index (χ3n) is 8.43. The Kier molecular flexibility index (Phi) is 8.45. The summed E-state index contributed by atoms with van der Waals surface area (Å²) in [5.74, 6) is 0.894. The molecule has 5 rings (SSSR count). The van der Waals surface area contributed by atoms with Crippen LogP contribution >= 0.6 is 0 Å². The Morgan fingerprint density at radius 2 is 1.66 bits per heavy atom. The van der Waals surface area contributed by atoms with Crippen molar-refractivity contribution in [2.75, 3.05) is 69.4 Å². The Hall–Kier alpha value is -2.75. The average Bonchev–Trinajstić information content (AvgIpc) is 2.94. The summed E-state index contributed by atoms with van der Waals surface area (Å²) >= 11 is 0. The zero-order chi connectivity index (χ0) is 26.6. The van der Waals surface area contributed by atoms with Gasteiger partial charge >= 0.3 is 0 Å². The topological polar surface area (TPSA) is 83.1 Å². The Morgan fingerprint density at radius 3 is 2.34 bits per heavy atom. The van der Waals surface area contributed by atoms with Crippen LogP contribution in [-0.2, 0) is 9.47 Å². The highest BCUT2D eigenvalue weighted by atomic mass is 16.5. The standard InChI is InChI=1S/C29H42N6O3/c1-20-6-5-7-21(2)27(20)33-13-15-34(16-14-33)28-22(3)26(30-19-31-28)29(36)35-11-8-23(9-12-35)32-24-10-17-38-18-25(24)37-4/h5-7,19,23-25,32H,8-18H2,1-4H3. The first-order valence-electron chi connectivity index (χ1n) is 14.0. The summed E-state index contributed by atoms with van der Waals surface area (Å²) in [7, 11) is 1.75. The number of benzene rings is 1. The second kappa shape index (κ2) is 12.0. The number of likely N-dealkylation sites (tertiary alicyclic amines) is 1. The molecule has 3 saturated heterocycles. The van der Waals surface area contributed by atoms with E-state index in [2.05, 4.69) is 57.1 Å². The smallest absolute Gasteiger partial charge is 0.272 e. The molecule has 206 valence electrons. The monoisotopic (exact) mass is 522 g/mol. The number of piperidine rings is 1. The van der Waals surface area contributed by atoms with E-state index < -0.39 is 0 Å². The first-order valence-corrected chi connectivity index (χ1v) is 14.0. The number of aromatic nitrogens is 2. The maximum absolute atomic E-state index is 13.5. The van der Waals surface area contributed by atoms with Crippen LogP contribution in [0.15, 0.2) is 24.5 Å². The number of carbonyl (C=O) groups excluding carboxylic acids is 1. The number of para-hydroxylation sites is 1. The van der Waals surface area contributed by atoms with Gasteiger partial charge in [0.25, 0.3) is 5.91 Å². The number of piperazine rings is 1. The van der Waals surface area contributed by atoms with E-state index >= 15 is 0 Å². The molecule has 4 heterocycles. The van der Waals surface area contributed by atoms with Gasteiger partial charge in [0.15, 0.2) is 0 Å². The number of ether oxygens (including phenoxy) is 2. The van der Waals surface area contributed by atoms with Crippen molar-refractivity contribution in [1.82, 2.24) is 20.2 Å². The molecule has 1 N–H and O–H groups in total. The van der Waals surface area contributed by atoms with E-state index in [9.17, 15) is 4.79 Å². The van der Waals surface area contributed by atoms with Crippen LogP contribution < -0.4 is 15.1 Å². The van der Waals surface area contributed by atoms with Gasteiger partial charge in [-0.15, -0.1) is 0 Å². The van der Waals surface area contributed by atoms with Crippen LogP contribution in [0.4, 0.5) is 11.5 Å². The number of anilines is 2. The molecule has 0 aliphatic carbocycles. The van der Waals surface area contributed by atoms with Gasteiger partial charge in [-0.3, -0.25) is 4.79 Å². The number of carbonyl (C=O) groups is 1. The van der Waals surface area contributed by atoms with Gasteiger partial charge in [-0.2, -0.15) is 0 Å². The molecule has 1 amide bonds. The highest BCUT2D eigenvalue weighted by Gasteiger charge is 2.32. The minimum atomic E-state index is 0.0135. The quantitative estimate of drug-likeness (QED) is 0.620. The summed E-state index contributed by atoms with van der Waals surface area (Å²) in [6.45, 7) is 12.8. The number of hydrogen-bond donors (Lipinski definition) is 1. The van der Waals surface area contributed by atoms with E-state index in [1.807, 2.05) is 11.8 Å². The van der Waals surface area contributed by atoms with Crippen LogP contribution in [0.3, 0.4) is 0 Å². The van der Waals surface area contributed by atoms with Gasteiger partial charge in [-0.1, -0.05) is 18.2 Å². The van der Waals surface area contributed by atoms with Gasteiger partial charge in [-0.05, 0) is 51.2 Å². The van der Waals surface area contributed by atoms with Crippen molar-refractivity contribution in [1.29, 1.82) is 0 Å². The Balaban J connectivity index is 1.19. The molecule has 1 aromatic heterocycles. The molecule has 38 heavy (non-hydrogen) atoms. The summed E-state index contributed by atoms with van der Waals surface area (Å²) in [6.07, 6.45) is 4.46. The van der Waals surface area contributed by atoms with Crippen molar-refractivity contribution in [2.45, 2.75) is 58.2 Å². The minimum Gasteiger partial charge on any atom is -0.379 e. The molecular formula is C29H42N6O3. The van der Waals surface area contributed by atoms with Gasteiger partial charge < -0.3 is 29.5 Å². The molecule has 0 saturated carbocycles. The number of nitrogens with zero attached hydrogens (tertiary/aromatic N) is 5. The number of methoxy groups -OCH3 is 1. The van der Waals surface area contributed by atoms with E-state index in [1.165, 1.54) is 16.8 Å². The molecule has 0 bridgehead atoms. The molecule has 9 heteroatoms. The lowest BCUT2D eigenvalue weighted by Crippen LogP contribution is -2.54. The summed E-state index contributed by atoms with van der Waals surface area (Å²) in [6, 6.07) is 7.18. The van der Waals surface area contributed by atoms with Crippen LogP contribution in [0.1, 0.15) is 46.4 Å². The SMILES string of the molecule is COC1COCCC1NC1CCN(C(=O)c2ncnc(N3CCN(c4c(C)cccc4C)CC3)c2C)CC1. The molecule has 0 spiro atoms. The normalized spacial score (nSPS) is 23.1. The maximum atomic E-state index is 13.5. The van der Waals surface area contributed by atoms with E-state index in [-0.39, 0.29) is 12.0 Å². The van der Waals surface area contributed by atoms with Gasteiger partial charge in [0, 0.05) is 76.3 Å². The third-order valence-corrected chi connectivity index (χ3v) is 8.43. The van der Waals surface area contributed by atoms with E-state index in [0.29, 0.717) is 24.4 Å². The molecule has 2 unspecified atom stereocenters. The summed E-state index contributed by atoms with van der Waals surface area (Å²) in [5.41, 5.74) is 5.38. The Morgan fingerprint density at radius 1 is 0.974 bits per heavy atom. The first kappa shape index (κ1) is 26.8. The van der Waals surface area contributed by atoms with Crippen LogP contribution in [0, 0.1) is 20.8 Å². The fourth-order valence-corrected chi connectivity index (χ4v) is 6.26. The van der Waals surface area contributed by atoms with Crippen molar-refractivity contribution in [3.8, 4) is 0 Å². The Bertz CT molecular complexity index is 1090. The van der Waals surface area contributed by atoms with Gasteiger partial charge in [0.1, 0.15) is 17.8 Å². The molecular weight excluding hydrogens is 480 g/mol. The van der Waals surface area contributed by atoms with Crippen molar-refractivity contribution in [3.63, 3.8) is 0 Å². The summed E-state index contributed by atoms with van der Waals surface area (Å²) in [4.78, 5) is 29.3. The number of aryl methyl sites for hydroxylation is 2. The van der Waals surface area contributed by atoms with Crippen molar-refractivity contribution in [3.05, 3.63) is 46.9 Å². The predicted octanol–water partition coefficient (Wildman–Crippen LogP) is 2.73. The molecule has 3 aliphatic rings. The van der Waals surface area contributed by atoms with Crippen molar-refractivity contribution in [2.24, 2.45) is 0 Å². The molecule has 0 radical (unpaired) electrons. The Labute approximate surface area is 226 Å². The molecule has 3 fully saturated rings. The largest absolute Gasteiger partial charge is 0.379 e. The lowest BCUT2D eigenvalue weighted by Gasteiger charge is -2.39. The molecule has 1 aromatic carbocycles. The molecule has 9 nitrogen and oxygen atoms in total. The van der Waals surface area contributed by atoms with Crippen LogP contribution in [0.25, 0.3) is 0 Å². The molecule has 2 aromatic rings. The summed E-state index contributed by atoms with van der Waals surface area (Å²) in [5, 5.41) is 3.76. The fourth-order valence-electron chi connectivity index (χ4n) is 6.26. The van der Waals surface area contributed by atoms with Crippen molar-refractivity contribution < 1.29 is 14.3 Å². The van der Waals surface area contributed by atoms with Gasteiger partial charge in [0.2, 0.25) is 0 Å². The van der Waals surface area contributed by atoms with Crippen LogP contribution in [0.5, 0.6) is 0 Å². The third kappa shape index (κ3) is 5.65. The fraction of sp³-hybridized carbons (Fsp3) is 0.621.